The molecule has 1 aliphatic carbocycles. The van der Waals surface area contributed by atoms with Crippen LogP contribution < -0.4 is 10.2 Å². The van der Waals surface area contributed by atoms with Crippen LogP contribution in [0.3, 0.4) is 0 Å². The van der Waals surface area contributed by atoms with Crippen molar-refractivity contribution < 1.29 is 4.79 Å². The van der Waals surface area contributed by atoms with Crippen molar-refractivity contribution in [2.45, 2.75) is 44.9 Å². The highest BCUT2D eigenvalue weighted by Gasteiger charge is 2.22. The number of hydrogen-bond acceptors (Lipinski definition) is 5. The molecule has 152 valence electrons. The van der Waals surface area contributed by atoms with Gasteiger partial charge in [-0.05, 0) is 74.3 Å². The summed E-state index contributed by atoms with van der Waals surface area (Å²) in [4.78, 5) is 16.3. The van der Waals surface area contributed by atoms with Crippen LogP contribution in [0.15, 0.2) is 29.8 Å². The number of carbonyl (C=O) groups excluding carboxylic acids is 1. The van der Waals surface area contributed by atoms with Crippen molar-refractivity contribution in [3.8, 4) is 12.1 Å². The lowest BCUT2D eigenvalue weighted by atomic mass is 9.96. The lowest BCUT2D eigenvalue weighted by Gasteiger charge is -2.28. The number of anilines is 2. The molecule has 0 spiro atoms. The number of nitrogens with zero attached hydrogens (tertiary/aromatic N) is 3. The molecule has 1 saturated heterocycles. The standard InChI is InChI=1S/C24H24N4OS/c25-15-18(14-17-8-10-19(11-9-17)28-12-4-1-5-13-28)23(29)27-24-21(16-26)20-6-2-3-7-22(20)30-24/h8-11,14H,1-7,12-13H2,(H,27,29). The Morgan fingerprint density at radius 3 is 2.47 bits per heavy atom. The molecule has 0 radical (unpaired) electrons. The molecule has 5 nitrogen and oxygen atoms in total. The number of aryl methyl sites for hydroxylation is 1. The second kappa shape index (κ2) is 9.15. The molecule has 4 rings (SSSR count). The third kappa shape index (κ3) is 4.25. The van der Waals surface area contributed by atoms with Crippen molar-refractivity contribution in [3.63, 3.8) is 0 Å². The Bertz CT molecular complexity index is 1050. The quantitative estimate of drug-likeness (QED) is 0.560. The van der Waals surface area contributed by atoms with E-state index in [4.69, 9.17) is 0 Å². The SMILES string of the molecule is N#CC(=Cc1ccc(N2CCCCC2)cc1)C(=O)Nc1sc2c(c1C#N)CCCC2. The highest BCUT2D eigenvalue weighted by Crippen LogP contribution is 2.37. The maximum absolute atomic E-state index is 12.7. The summed E-state index contributed by atoms with van der Waals surface area (Å²) in [5.74, 6) is -0.465. The maximum atomic E-state index is 12.7. The summed E-state index contributed by atoms with van der Waals surface area (Å²) >= 11 is 1.47. The smallest absolute Gasteiger partial charge is 0.266 e. The molecular formula is C24H24N4OS. The monoisotopic (exact) mass is 416 g/mol. The van der Waals surface area contributed by atoms with E-state index in [0.29, 0.717) is 10.6 Å². The van der Waals surface area contributed by atoms with E-state index in [2.05, 4.69) is 16.3 Å². The summed E-state index contributed by atoms with van der Waals surface area (Å²) in [6.07, 6.45) is 9.36. The van der Waals surface area contributed by atoms with Gasteiger partial charge in [-0.3, -0.25) is 4.79 Å². The van der Waals surface area contributed by atoms with E-state index in [1.165, 1.54) is 41.2 Å². The number of nitrogens with one attached hydrogen (secondary N) is 1. The van der Waals surface area contributed by atoms with Crippen LogP contribution in [0.25, 0.3) is 6.08 Å². The van der Waals surface area contributed by atoms with Gasteiger partial charge >= 0.3 is 0 Å². The first kappa shape index (κ1) is 20.2. The molecule has 6 heteroatoms. The molecule has 1 fully saturated rings. The lowest BCUT2D eigenvalue weighted by Crippen LogP contribution is -2.29. The molecule has 1 aliphatic heterocycles. The third-order valence-electron chi connectivity index (χ3n) is 5.80. The number of hydrogen-bond donors (Lipinski definition) is 1. The molecule has 1 N–H and O–H groups in total. The molecular weight excluding hydrogens is 392 g/mol. The molecule has 2 heterocycles. The van der Waals surface area contributed by atoms with Gasteiger partial charge in [0.25, 0.3) is 5.91 Å². The number of rotatable bonds is 4. The molecule has 1 amide bonds. The Morgan fingerprint density at radius 1 is 1.03 bits per heavy atom. The molecule has 0 atom stereocenters. The van der Waals surface area contributed by atoms with Crippen molar-refractivity contribution in [2.75, 3.05) is 23.3 Å². The van der Waals surface area contributed by atoms with Gasteiger partial charge in [-0.25, -0.2) is 0 Å². The molecule has 0 unspecified atom stereocenters. The molecule has 0 bridgehead atoms. The molecule has 2 aliphatic rings. The number of piperidine rings is 1. The first-order valence-corrected chi connectivity index (χ1v) is 11.3. The van der Waals surface area contributed by atoms with Gasteiger partial charge in [-0.1, -0.05) is 12.1 Å². The Labute approximate surface area is 181 Å². The van der Waals surface area contributed by atoms with Gasteiger partial charge in [0.1, 0.15) is 22.7 Å². The van der Waals surface area contributed by atoms with Gasteiger partial charge in [0, 0.05) is 23.7 Å². The van der Waals surface area contributed by atoms with Crippen molar-refractivity contribution in [2.24, 2.45) is 0 Å². The van der Waals surface area contributed by atoms with E-state index in [0.717, 1.165) is 49.9 Å². The fraction of sp³-hybridized carbons (Fsp3) is 0.375. The normalized spacial score (nSPS) is 16.3. The summed E-state index contributed by atoms with van der Waals surface area (Å²) in [5.41, 5.74) is 3.66. The fourth-order valence-electron chi connectivity index (χ4n) is 4.19. The van der Waals surface area contributed by atoms with E-state index in [1.807, 2.05) is 30.3 Å². The Balaban J connectivity index is 1.50. The lowest BCUT2D eigenvalue weighted by molar-refractivity contribution is -0.112. The molecule has 2 aromatic rings. The zero-order chi connectivity index (χ0) is 20.9. The average Bonchev–Trinajstić information content (AvgIpc) is 3.15. The number of nitriles is 2. The van der Waals surface area contributed by atoms with Crippen molar-refractivity contribution in [3.05, 3.63) is 51.4 Å². The van der Waals surface area contributed by atoms with Gasteiger partial charge in [-0.2, -0.15) is 10.5 Å². The number of amides is 1. The van der Waals surface area contributed by atoms with E-state index in [1.54, 1.807) is 6.08 Å². The van der Waals surface area contributed by atoms with E-state index >= 15 is 0 Å². The minimum Gasteiger partial charge on any atom is -0.372 e. The van der Waals surface area contributed by atoms with E-state index < -0.39 is 5.91 Å². The van der Waals surface area contributed by atoms with Crippen LogP contribution >= 0.6 is 11.3 Å². The van der Waals surface area contributed by atoms with Crippen LogP contribution in [-0.4, -0.2) is 19.0 Å². The zero-order valence-corrected chi connectivity index (χ0v) is 17.7. The van der Waals surface area contributed by atoms with Crippen molar-refractivity contribution in [1.29, 1.82) is 10.5 Å². The Kier molecular flexibility index (Phi) is 6.16. The zero-order valence-electron chi connectivity index (χ0n) is 16.9. The van der Waals surface area contributed by atoms with Crippen LogP contribution in [0.1, 0.15) is 53.7 Å². The van der Waals surface area contributed by atoms with Crippen molar-refractivity contribution in [1.82, 2.24) is 0 Å². The first-order chi connectivity index (χ1) is 14.7. The largest absolute Gasteiger partial charge is 0.372 e. The van der Waals surface area contributed by atoms with E-state index in [9.17, 15) is 15.3 Å². The second-order valence-electron chi connectivity index (χ2n) is 7.79. The molecule has 30 heavy (non-hydrogen) atoms. The average molecular weight is 417 g/mol. The Morgan fingerprint density at radius 2 is 1.77 bits per heavy atom. The highest BCUT2D eigenvalue weighted by molar-refractivity contribution is 7.16. The van der Waals surface area contributed by atoms with Gasteiger partial charge in [0.15, 0.2) is 0 Å². The summed E-state index contributed by atoms with van der Waals surface area (Å²) in [6.45, 7) is 2.15. The predicted octanol–water partition coefficient (Wildman–Crippen LogP) is 5.03. The second-order valence-corrected chi connectivity index (χ2v) is 8.90. The van der Waals surface area contributed by atoms with Crippen LogP contribution in [0, 0.1) is 22.7 Å². The van der Waals surface area contributed by atoms with E-state index in [-0.39, 0.29) is 5.57 Å². The molecule has 1 aromatic heterocycles. The van der Waals surface area contributed by atoms with Gasteiger partial charge in [0.2, 0.25) is 0 Å². The molecule has 0 saturated carbocycles. The topological polar surface area (TPSA) is 79.9 Å². The van der Waals surface area contributed by atoms with Gasteiger partial charge in [0.05, 0.1) is 5.56 Å². The van der Waals surface area contributed by atoms with Crippen LogP contribution in [0.2, 0.25) is 0 Å². The summed E-state index contributed by atoms with van der Waals surface area (Å²) in [6, 6.07) is 12.2. The minimum atomic E-state index is -0.465. The fourth-order valence-corrected chi connectivity index (χ4v) is 5.43. The third-order valence-corrected chi connectivity index (χ3v) is 7.01. The summed E-state index contributed by atoms with van der Waals surface area (Å²) in [5, 5.41) is 22.5. The van der Waals surface area contributed by atoms with Crippen molar-refractivity contribution >= 4 is 34.0 Å². The molecule has 1 aromatic carbocycles. The summed E-state index contributed by atoms with van der Waals surface area (Å²) < 4.78 is 0. The van der Waals surface area contributed by atoms with Crippen LogP contribution in [0.4, 0.5) is 10.7 Å². The number of fused-ring (bicyclic) bond motifs is 1. The highest BCUT2D eigenvalue weighted by atomic mass is 32.1. The minimum absolute atomic E-state index is 0.0379. The maximum Gasteiger partial charge on any atom is 0.266 e. The van der Waals surface area contributed by atoms with Gasteiger partial charge < -0.3 is 10.2 Å². The first-order valence-electron chi connectivity index (χ1n) is 10.5. The number of benzene rings is 1. The van der Waals surface area contributed by atoms with Gasteiger partial charge in [-0.15, -0.1) is 11.3 Å². The van der Waals surface area contributed by atoms with Crippen LogP contribution in [-0.2, 0) is 17.6 Å². The Hall–Kier alpha value is -3.09. The predicted molar refractivity (Wildman–Crippen MR) is 120 cm³/mol. The number of carbonyl (C=O) groups is 1. The summed E-state index contributed by atoms with van der Waals surface area (Å²) in [7, 11) is 0. The van der Waals surface area contributed by atoms with Crippen LogP contribution in [0.5, 0.6) is 0 Å². The number of thiophene rings is 1.